The van der Waals surface area contributed by atoms with Crippen LogP contribution in [0.2, 0.25) is 0 Å². The topological polar surface area (TPSA) is 122 Å². The van der Waals surface area contributed by atoms with E-state index in [0.717, 1.165) is 27.8 Å². The average molecular weight is 382 g/mol. The molecule has 0 unspecified atom stereocenters. The molecule has 8 nitrogen and oxygen atoms in total. The highest BCUT2D eigenvalue weighted by atomic mass is 32.1. The van der Waals surface area contributed by atoms with Gasteiger partial charge in [0, 0.05) is 23.2 Å². The van der Waals surface area contributed by atoms with E-state index in [1.54, 1.807) is 12.1 Å². The van der Waals surface area contributed by atoms with Gasteiger partial charge in [0.15, 0.2) is 0 Å². The standard InChI is InChI=1S/C18H14N4O4S/c1-8-12(7-10-3-5-11(6-4-10)22(25)26)9(2)19-17-13(8)14-15(27-17)16(23)21-18(24)20-14/h3-6H,7H2,1-2H3,(H2,20,21,23,24). The van der Waals surface area contributed by atoms with Crippen LogP contribution < -0.4 is 11.2 Å². The molecule has 0 aliphatic rings. The summed E-state index contributed by atoms with van der Waals surface area (Å²) < 4.78 is 0.437. The normalized spacial score (nSPS) is 11.3. The minimum absolute atomic E-state index is 0.0430. The number of hydrogen-bond acceptors (Lipinski definition) is 6. The molecule has 1 aromatic carbocycles. The van der Waals surface area contributed by atoms with Crippen molar-refractivity contribution in [1.29, 1.82) is 0 Å². The van der Waals surface area contributed by atoms with Crippen LogP contribution in [0.5, 0.6) is 0 Å². The number of non-ortho nitro benzene ring substituents is 1. The summed E-state index contributed by atoms with van der Waals surface area (Å²) in [5.74, 6) is 0. The van der Waals surface area contributed by atoms with Gasteiger partial charge in [-0.1, -0.05) is 12.1 Å². The van der Waals surface area contributed by atoms with Crippen LogP contribution in [0.4, 0.5) is 5.69 Å². The summed E-state index contributed by atoms with van der Waals surface area (Å²) in [6.45, 7) is 3.83. The second kappa shape index (κ2) is 6.13. The molecule has 0 aliphatic heterocycles. The minimum atomic E-state index is -0.552. The maximum Gasteiger partial charge on any atom is 0.326 e. The van der Waals surface area contributed by atoms with Gasteiger partial charge in [0.25, 0.3) is 11.2 Å². The first-order chi connectivity index (χ1) is 12.8. The molecule has 2 N–H and O–H groups in total. The molecule has 0 radical (unpaired) electrons. The summed E-state index contributed by atoms with van der Waals surface area (Å²) in [6.07, 6.45) is 0.545. The molecule has 0 spiro atoms. The van der Waals surface area contributed by atoms with E-state index in [1.807, 2.05) is 13.8 Å². The number of aromatic amines is 2. The second-order valence-corrected chi connectivity index (χ2v) is 7.29. The maximum atomic E-state index is 12.1. The van der Waals surface area contributed by atoms with Crippen LogP contribution >= 0.6 is 11.3 Å². The van der Waals surface area contributed by atoms with Gasteiger partial charge in [-0.05, 0) is 37.0 Å². The van der Waals surface area contributed by atoms with E-state index < -0.39 is 16.2 Å². The van der Waals surface area contributed by atoms with Crippen molar-refractivity contribution < 1.29 is 4.92 Å². The number of nitro groups is 1. The molecule has 0 atom stereocenters. The quantitative estimate of drug-likeness (QED) is 0.417. The van der Waals surface area contributed by atoms with E-state index in [-0.39, 0.29) is 5.69 Å². The first kappa shape index (κ1) is 17.1. The fraction of sp³-hybridized carbons (Fsp3) is 0.167. The second-order valence-electron chi connectivity index (χ2n) is 6.30. The number of pyridine rings is 1. The van der Waals surface area contributed by atoms with Crippen molar-refractivity contribution in [1.82, 2.24) is 15.0 Å². The van der Waals surface area contributed by atoms with E-state index in [2.05, 4.69) is 15.0 Å². The smallest absolute Gasteiger partial charge is 0.305 e. The molecule has 4 aromatic rings. The van der Waals surface area contributed by atoms with Gasteiger partial charge in [0.1, 0.15) is 9.53 Å². The molecule has 27 heavy (non-hydrogen) atoms. The molecular weight excluding hydrogens is 368 g/mol. The SMILES string of the molecule is Cc1nc2sc3c(=O)[nH]c(=O)[nH]c3c2c(C)c1Cc1ccc([N+](=O)[O-])cc1. The van der Waals surface area contributed by atoms with Crippen LogP contribution in [-0.2, 0) is 6.42 Å². The van der Waals surface area contributed by atoms with Gasteiger partial charge in [-0.15, -0.1) is 11.3 Å². The van der Waals surface area contributed by atoms with Gasteiger partial charge in [-0.3, -0.25) is 19.9 Å². The zero-order valence-corrected chi connectivity index (χ0v) is 15.3. The van der Waals surface area contributed by atoms with E-state index in [0.29, 0.717) is 21.5 Å². The van der Waals surface area contributed by atoms with Gasteiger partial charge in [0.2, 0.25) is 0 Å². The summed E-state index contributed by atoms with van der Waals surface area (Å²) in [7, 11) is 0. The fourth-order valence-corrected chi connectivity index (χ4v) is 4.40. The van der Waals surface area contributed by atoms with Crippen molar-refractivity contribution in [2.24, 2.45) is 0 Å². The molecule has 136 valence electrons. The molecule has 0 amide bonds. The average Bonchev–Trinajstić information content (AvgIpc) is 2.97. The first-order valence-corrected chi connectivity index (χ1v) is 8.95. The molecule has 0 saturated heterocycles. The van der Waals surface area contributed by atoms with E-state index in [4.69, 9.17) is 0 Å². The number of H-pyrrole nitrogens is 2. The Morgan fingerprint density at radius 3 is 2.52 bits per heavy atom. The summed E-state index contributed by atoms with van der Waals surface area (Å²) in [4.78, 5) is 44.4. The van der Waals surface area contributed by atoms with Crippen molar-refractivity contribution in [2.45, 2.75) is 20.3 Å². The number of aryl methyl sites for hydroxylation is 2. The highest BCUT2D eigenvalue weighted by Gasteiger charge is 2.17. The molecule has 3 heterocycles. The monoisotopic (exact) mass is 382 g/mol. The third-order valence-electron chi connectivity index (χ3n) is 4.62. The number of thiophene rings is 1. The van der Waals surface area contributed by atoms with Crippen molar-refractivity contribution in [2.75, 3.05) is 0 Å². The lowest BCUT2D eigenvalue weighted by atomic mass is 9.97. The summed E-state index contributed by atoms with van der Waals surface area (Å²) in [5, 5.41) is 11.6. The van der Waals surface area contributed by atoms with Crippen LogP contribution in [0.1, 0.15) is 22.4 Å². The number of nitrogens with zero attached hydrogens (tertiary/aromatic N) is 2. The first-order valence-electron chi connectivity index (χ1n) is 8.13. The molecular formula is C18H14N4O4S. The maximum absolute atomic E-state index is 12.1. The van der Waals surface area contributed by atoms with Gasteiger partial charge in [0.05, 0.1) is 10.4 Å². The predicted molar refractivity (Wildman–Crippen MR) is 104 cm³/mol. The number of rotatable bonds is 3. The lowest BCUT2D eigenvalue weighted by molar-refractivity contribution is -0.384. The van der Waals surface area contributed by atoms with E-state index >= 15 is 0 Å². The Kier molecular flexibility index (Phi) is 3.88. The number of nitrogens with one attached hydrogen (secondary N) is 2. The molecule has 0 saturated carbocycles. The number of nitro benzene ring substituents is 1. The number of fused-ring (bicyclic) bond motifs is 3. The van der Waals surface area contributed by atoms with Crippen LogP contribution in [0, 0.1) is 24.0 Å². The number of hydrogen-bond donors (Lipinski definition) is 2. The highest BCUT2D eigenvalue weighted by molar-refractivity contribution is 7.25. The Labute approximate surface area is 155 Å². The van der Waals surface area contributed by atoms with Crippen LogP contribution in [0.15, 0.2) is 33.9 Å². The van der Waals surface area contributed by atoms with Crippen LogP contribution in [0.3, 0.4) is 0 Å². The van der Waals surface area contributed by atoms with Gasteiger partial charge >= 0.3 is 5.69 Å². The number of aromatic nitrogens is 3. The van der Waals surface area contributed by atoms with Gasteiger partial charge in [-0.2, -0.15) is 0 Å². The zero-order valence-electron chi connectivity index (χ0n) is 14.5. The van der Waals surface area contributed by atoms with Crippen LogP contribution in [0.25, 0.3) is 20.4 Å². The molecule has 0 aliphatic carbocycles. The highest BCUT2D eigenvalue weighted by Crippen LogP contribution is 2.34. The van der Waals surface area contributed by atoms with Crippen molar-refractivity contribution in [3.8, 4) is 0 Å². The largest absolute Gasteiger partial charge is 0.326 e. The van der Waals surface area contributed by atoms with Gasteiger partial charge < -0.3 is 4.98 Å². The zero-order chi connectivity index (χ0) is 19.3. The molecule has 9 heteroatoms. The summed E-state index contributed by atoms with van der Waals surface area (Å²) in [6, 6.07) is 6.39. The lowest BCUT2D eigenvalue weighted by Gasteiger charge is -2.11. The number of benzene rings is 1. The summed E-state index contributed by atoms with van der Waals surface area (Å²) >= 11 is 1.25. The third-order valence-corrected chi connectivity index (χ3v) is 5.71. The molecule has 4 rings (SSSR count). The Morgan fingerprint density at radius 2 is 1.85 bits per heavy atom. The third kappa shape index (κ3) is 2.81. The molecule has 3 aromatic heterocycles. The van der Waals surface area contributed by atoms with E-state index in [1.165, 1.54) is 23.5 Å². The molecule has 0 fully saturated rings. The molecule has 0 bridgehead atoms. The fourth-order valence-electron chi connectivity index (χ4n) is 3.27. The van der Waals surface area contributed by atoms with Crippen molar-refractivity contribution in [3.63, 3.8) is 0 Å². The Morgan fingerprint density at radius 1 is 1.15 bits per heavy atom. The summed E-state index contributed by atoms with van der Waals surface area (Å²) in [5.41, 5.74) is 3.21. The van der Waals surface area contributed by atoms with Crippen molar-refractivity contribution >= 4 is 37.5 Å². The van der Waals surface area contributed by atoms with Crippen molar-refractivity contribution in [3.05, 3.63) is 77.6 Å². The lowest BCUT2D eigenvalue weighted by Crippen LogP contribution is -2.20. The van der Waals surface area contributed by atoms with Crippen LogP contribution in [-0.4, -0.2) is 19.9 Å². The Bertz CT molecular complexity index is 1330. The Balaban J connectivity index is 1.90. The minimum Gasteiger partial charge on any atom is -0.305 e. The predicted octanol–water partition coefficient (Wildman–Crippen LogP) is 2.94. The Hall–Kier alpha value is -3.33. The van der Waals surface area contributed by atoms with Gasteiger partial charge in [-0.25, -0.2) is 9.78 Å². The van der Waals surface area contributed by atoms with E-state index in [9.17, 15) is 19.7 Å².